The van der Waals surface area contributed by atoms with Crippen molar-refractivity contribution in [2.75, 3.05) is 0 Å². The quantitative estimate of drug-likeness (QED) is 0.784. The van der Waals surface area contributed by atoms with E-state index >= 15 is 0 Å². The molecule has 0 fully saturated rings. The molecule has 0 radical (unpaired) electrons. The van der Waals surface area contributed by atoms with E-state index in [2.05, 4.69) is 4.98 Å². The van der Waals surface area contributed by atoms with Crippen LogP contribution in [0.3, 0.4) is 0 Å². The third-order valence-corrected chi connectivity index (χ3v) is 3.24. The summed E-state index contributed by atoms with van der Waals surface area (Å²) in [6.45, 7) is 1.68. The number of fused-ring (bicyclic) bond motifs is 1. The van der Waals surface area contributed by atoms with Crippen molar-refractivity contribution in [1.29, 1.82) is 5.26 Å². The highest BCUT2D eigenvalue weighted by atomic mass is 35.5. The number of nitrogens with one attached hydrogen (secondary N) is 1. The van der Waals surface area contributed by atoms with Gasteiger partial charge in [-0.15, -0.1) is 0 Å². The van der Waals surface area contributed by atoms with E-state index in [1.807, 2.05) is 6.07 Å². The molecular weight excluding hydrogens is 247 g/mol. The van der Waals surface area contributed by atoms with Crippen LogP contribution in [-0.4, -0.2) is 4.98 Å². The van der Waals surface area contributed by atoms with Gasteiger partial charge in [0.05, 0.1) is 15.6 Å². The Morgan fingerprint density at radius 2 is 2.06 bits per heavy atom. The van der Waals surface area contributed by atoms with Crippen molar-refractivity contribution in [2.45, 2.75) is 6.92 Å². The maximum Gasteiger partial charge on any atom is 0.266 e. The highest BCUT2D eigenvalue weighted by Crippen LogP contribution is 2.31. The fraction of sp³-hybridized carbons (Fsp3) is 0.0909. The van der Waals surface area contributed by atoms with Gasteiger partial charge in [-0.25, -0.2) is 0 Å². The topological polar surface area (TPSA) is 56.6 Å². The van der Waals surface area contributed by atoms with Crippen molar-refractivity contribution >= 4 is 34.1 Å². The Hall–Kier alpha value is -1.50. The Kier molecular flexibility index (Phi) is 2.63. The highest BCUT2D eigenvalue weighted by Gasteiger charge is 2.12. The molecule has 1 aromatic carbocycles. The first-order chi connectivity index (χ1) is 7.56. The summed E-state index contributed by atoms with van der Waals surface area (Å²) < 4.78 is 0. The van der Waals surface area contributed by atoms with Crippen molar-refractivity contribution in [1.82, 2.24) is 4.98 Å². The molecule has 0 unspecified atom stereocenters. The molecule has 80 valence electrons. The summed E-state index contributed by atoms with van der Waals surface area (Å²) in [4.78, 5) is 14.1. The molecule has 0 spiro atoms. The lowest BCUT2D eigenvalue weighted by atomic mass is 10.1. The van der Waals surface area contributed by atoms with Gasteiger partial charge in [-0.1, -0.05) is 23.2 Å². The van der Waals surface area contributed by atoms with Gasteiger partial charge in [-0.05, 0) is 24.6 Å². The lowest BCUT2D eigenvalue weighted by Gasteiger charge is -2.06. The van der Waals surface area contributed by atoms with Crippen molar-refractivity contribution in [3.63, 3.8) is 0 Å². The number of aryl methyl sites for hydroxylation is 1. The van der Waals surface area contributed by atoms with E-state index in [-0.39, 0.29) is 5.56 Å². The number of H-pyrrole nitrogens is 1. The fourth-order valence-corrected chi connectivity index (χ4v) is 2.10. The van der Waals surface area contributed by atoms with Crippen LogP contribution in [0.15, 0.2) is 16.9 Å². The third-order valence-electron chi connectivity index (χ3n) is 2.43. The second-order valence-corrected chi connectivity index (χ2v) is 4.14. The maximum absolute atomic E-state index is 11.5. The number of hydrogen-bond donors (Lipinski definition) is 1. The molecule has 0 saturated heterocycles. The number of benzene rings is 1. The predicted octanol–water partition coefficient (Wildman–Crippen LogP) is 3.02. The second-order valence-electron chi connectivity index (χ2n) is 3.35. The molecule has 0 saturated carbocycles. The van der Waals surface area contributed by atoms with E-state index < -0.39 is 5.56 Å². The Morgan fingerprint density at radius 3 is 2.69 bits per heavy atom. The molecule has 2 aromatic rings. The first-order valence-electron chi connectivity index (χ1n) is 4.47. The van der Waals surface area contributed by atoms with Crippen LogP contribution in [0.2, 0.25) is 10.0 Å². The van der Waals surface area contributed by atoms with E-state index in [1.165, 1.54) is 0 Å². The van der Waals surface area contributed by atoms with Gasteiger partial charge in [-0.3, -0.25) is 4.79 Å². The zero-order chi connectivity index (χ0) is 11.9. The van der Waals surface area contributed by atoms with Gasteiger partial charge in [0, 0.05) is 5.39 Å². The van der Waals surface area contributed by atoms with Gasteiger partial charge in [0.1, 0.15) is 11.6 Å². The van der Waals surface area contributed by atoms with Gasteiger partial charge in [0.25, 0.3) is 5.56 Å². The van der Waals surface area contributed by atoms with Crippen molar-refractivity contribution in [3.8, 4) is 6.07 Å². The molecule has 0 aliphatic rings. The third kappa shape index (κ3) is 1.47. The Balaban J connectivity index is 3.09. The van der Waals surface area contributed by atoms with Gasteiger partial charge in [-0.2, -0.15) is 5.26 Å². The molecule has 1 N–H and O–H groups in total. The first-order valence-corrected chi connectivity index (χ1v) is 5.22. The smallest absolute Gasteiger partial charge is 0.266 e. The van der Waals surface area contributed by atoms with Crippen LogP contribution < -0.4 is 5.56 Å². The molecule has 0 aliphatic heterocycles. The van der Waals surface area contributed by atoms with Crippen LogP contribution in [-0.2, 0) is 0 Å². The largest absolute Gasteiger partial charge is 0.321 e. The van der Waals surface area contributed by atoms with E-state index in [1.54, 1.807) is 19.1 Å². The standard InChI is InChI=1S/C11H6Cl2N2O/c1-5-6(4-14)11(16)15-8-3-2-7(12)10(13)9(5)8/h2-3H,1H3,(H,15,16). The molecule has 2 rings (SSSR count). The molecule has 1 aromatic heterocycles. The maximum atomic E-state index is 11.5. The monoisotopic (exact) mass is 252 g/mol. The van der Waals surface area contributed by atoms with Crippen LogP contribution >= 0.6 is 23.2 Å². The average molecular weight is 253 g/mol. The number of halogens is 2. The molecule has 1 heterocycles. The Bertz CT molecular complexity index is 683. The summed E-state index contributed by atoms with van der Waals surface area (Å²) in [5.41, 5.74) is 0.784. The van der Waals surface area contributed by atoms with Crippen molar-refractivity contribution in [3.05, 3.63) is 43.7 Å². The second kappa shape index (κ2) is 3.82. The van der Waals surface area contributed by atoms with E-state index in [4.69, 9.17) is 28.5 Å². The van der Waals surface area contributed by atoms with E-state index in [9.17, 15) is 4.79 Å². The Morgan fingerprint density at radius 1 is 1.38 bits per heavy atom. The highest BCUT2D eigenvalue weighted by molar-refractivity contribution is 6.45. The van der Waals surface area contributed by atoms with Crippen LogP contribution in [0.5, 0.6) is 0 Å². The minimum Gasteiger partial charge on any atom is -0.321 e. The molecule has 0 amide bonds. The van der Waals surface area contributed by atoms with Crippen LogP contribution in [0.4, 0.5) is 0 Å². The normalized spacial score (nSPS) is 10.4. The number of aromatic nitrogens is 1. The van der Waals surface area contributed by atoms with E-state index in [0.29, 0.717) is 26.5 Å². The molecular formula is C11H6Cl2N2O. The summed E-state index contributed by atoms with van der Waals surface area (Å²) in [7, 11) is 0. The molecule has 0 atom stereocenters. The van der Waals surface area contributed by atoms with Gasteiger partial charge in [0.2, 0.25) is 0 Å². The van der Waals surface area contributed by atoms with E-state index in [0.717, 1.165) is 0 Å². The summed E-state index contributed by atoms with van der Waals surface area (Å²) in [6.07, 6.45) is 0. The minimum absolute atomic E-state index is 0.0664. The molecule has 5 heteroatoms. The molecule has 0 aliphatic carbocycles. The van der Waals surface area contributed by atoms with Crippen LogP contribution in [0, 0.1) is 18.3 Å². The lowest BCUT2D eigenvalue weighted by molar-refractivity contribution is 1.24. The van der Waals surface area contributed by atoms with Crippen LogP contribution in [0.1, 0.15) is 11.1 Å². The first kappa shape index (κ1) is 11.0. The number of rotatable bonds is 0. The zero-order valence-corrected chi connectivity index (χ0v) is 9.78. The zero-order valence-electron chi connectivity index (χ0n) is 8.27. The summed E-state index contributed by atoms with van der Waals surface area (Å²) in [5.74, 6) is 0. The number of aromatic amines is 1. The predicted molar refractivity (Wildman–Crippen MR) is 64.0 cm³/mol. The number of nitriles is 1. The molecule has 3 nitrogen and oxygen atoms in total. The number of hydrogen-bond acceptors (Lipinski definition) is 2. The number of nitrogens with zero attached hydrogens (tertiary/aromatic N) is 1. The molecule has 16 heavy (non-hydrogen) atoms. The van der Waals surface area contributed by atoms with Crippen molar-refractivity contribution in [2.24, 2.45) is 0 Å². The summed E-state index contributed by atoms with van der Waals surface area (Å²) in [6, 6.07) is 5.13. The van der Waals surface area contributed by atoms with Gasteiger partial charge in [0.15, 0.2) is 0 Å². The SMILES string of the molecule is Cc1c(C#N)c(=O)[nH]c2ccc(Cl)c(Cl)c12. The van der Waals surface area contributed by atoms with Gasteiger partial charge < -0.3 is 4.98 Å². The fourth-order valence-electron chi connectivity index (χ4n) is 1.64. The summed E-state index contributed by atoms with van der Waals surface area (Å²) >= 11 is 11.9. The summed E-state index contributed by atoms with van der Waals surface area (Å²) in [5, 5.41) is 10.2. The van der Waals surface area contributed by atoms with Crippen molar-refractivity contribution < 1.29 is 0 Å². The average Bonchev–Trinajstić information content (AvgIpc) is 2.24. The van der Waals surface area contributed by atoms with Gasteiger partial charge >= 0.3 is 0 Å². The molecule has 0 bridgehead atoms. The minimum atomic E-state index is -0.411. The van der Waals surface area contributed by atoms with Crippen LogP contribution in [0.25, 0.3) is 10.9 Å². The number of pyridine rings is 1. The Labute approximate surface area is 101 Å². The lowest BCUT2D eigenvalue weighted by Crippen LogP contribution is -2.12.